The van der Waals surface area contributed by atoms with Crippen LogP contribution in [0.3, 0.4) is 0 Å². The average molecular weight is 369 g/mol. The average Bonchev–Trinajstić information content (AvgIpc) is 2.60. The maximum absolute atomic E-state index is 11.3. The number of methoxy groups -OCH3 is 1. The quantitative estimate of drug-likeness (QED) is 0.592. The van der Waals surface area contributed by atoms with Gasteiger partial charge in [-0.2, -0.15) is 0 Å². The van der Waals surface area contributed by atoms with Crippen molar-refractivity contribution >= 4 is 21.5 Å². The maximum atomic E-state index is 11.3. The number of anilines is 1. The number of nitrogens with zero attached hydrogens (tertiary/aromatic N) is 3. The molecule has 0 aromatic heterocycles. The fourth-order valence-electron chi connectivity index (χ4n) is 2.73. The summed E-state index contributed by atoms with van der Waals surface area (Å²) in [5, 5.41) is 3.25. The number of piperazine rings is 1. The predicted octanol–water partition coefficient (Wildman–Crippen LogP) is 0.827. The van der Waals surface area contributed by atoms with Crippen molar-refractivity contribution < 1.29 is 13.2 Å². The number of nitrogens with one attached hydrogen (secondary N) is 1. The van der Waals surface area contributed by atoms with E-state index < -0.39 is 9.84 Å². The van der Waals surface area contributed by atoms with Gasteiger partial charge in [0, 0.05) is 50.7 Å². The molecule has 1 aliphatic rings. The zero-order valence-corrected chi connectivity index (χ0v) is 16.1. The lowest BCUT2D eigenvalue weighted by Crippen LogP contribution is -2.52. The van der Waals surface area contributed by atoms with Crippen LogP contribution in [0.1, 0.15) is 6.92 Å². The molecule has 0 radical (unpaired) electrons. The van der Waals surface area contributed by atoms with Gasteiger partial charge in [0.1, 0.15) is 15.6 Å². The minimum absolute atomic E-state index is 0.0751. The Morgan fingerprint density at radius 1 is 1.28 bits per heavy atom. The summed E-state index contributed by atoms with van der Waals surface area (Å²) in [6.45, 7) is 6.49. The van der Waals surface area contributed by atoms with Crippen LogP contribution >= 0.6 is 0 Å². The van der Waals surface area contributed by atoms with Crippen LogP contribution in [0, 0.1) is 0 Å². The summed E-state index contributed by atoms with van der Waals surface area (Å²) in [6.07, 6.45) is 1.24. The maximum Gasteiger partial charge on any atom is 0.194 e. The molecule has 0 amide bonds. The van der Waals surface area contributed by atoms with Crippen LogP contribution in [0.2, 0.25) is 0 Å². The molecule has 1 aromatic rings. The van der Waals surface area contributed by atoms with E-state index in [0.717, 1.165) is 50.1 Å². The predicted molar refractivity (Wildman–Crippen MR) is 102 cm³/mol. The summed E-state index contributed by atoms with van der Waals surface area (Å²) in [4.78, 5) is 8.96. The molecule has 25 heavy (non-hydrogen) atoms. The van der Waals surface area contributed by atoms with Crippen LogP contribution < -0.4 is 15.0 Å². The smallest absolute Gasteiger partial charge is 0.194 e. The highest BCUT2D eigenvalue weighted by Crippen LogP contribution is 2.22. The highest BCUT2D eigenvalue weighted by Gasteiger charge is 2.20. The third-order valence-corrected chi connectivity index (χ3v) is 4.98. The number of aliphatic imine (C=N–C) groups is 1. The first-order chi connectivity index (χ1) is 11.9. The topological polar surface area (TPSA) is 74.2 Å². The van der Waals surface area contributed by atoms with Gasteiger partial charge in [-0.1, -0.05) is 6.07 Å². The first-order valence-corrected chi connectivity index (χ1v) is 10.6. The van der Waals surface area contributed by atoms with Crippen molar-refractivity contribution in [3.8, 4) is 5.75 Å². The first-order valence-electron chi connectivity index (χ1n) is 8.53. The fraction of sp³-hybridized carbons (Fsp3) is 0.588. The molecule has 2 rings (SSSR count). The van der Waals surface area contributed by atoms with Crippen molar-refractivity contribution in [2.45, 2.75) is 6.92 Å². The third kappa shape index (κ3) is 6.12. The molecule has 1 aromatic carbocycles. The fourth-order valence-corrected chi connectivity index (χ4v) is 3.15. The Kier molecular flexibility index (Phi) is 6.92. The Bertz CT molecular complexity index is 683. The van der Waals surface area contributed by atoms with Crippen molar-refractivity contribution in [1.82, 2.24) is 10.2 Å². The summed E-state index contributed by atoms with van der Waals surface area (Å²) >= 11 is 0. The Morgan fingerprint density at radius 3 is 2.60 bits per heavy atom. The summed E-state index contributed by atoms with van der Waals surface area (Å²) in [7, 11) is -1.32. The Labute approximate surface area is 150 Å². The molecule has 0 unspecified atom stereocenters. The lowest BCUT2D eigenvalue weighted by Gasteiger charge is -2.37. The highest BCUT2D eigenvalue weighted by atomic mass is 32.2. The monoisotopic (exact) mass is 368 g/mol. The number of guanidine groups is 1. The minimum atomic E-state index is -2.99. The second kappa shape index (κ2) is 8.94. The van der Waals surface area contributed by atoms with Crippen molar-refractivity contribution in [2.75, 3.05) is 63.3 Å². The molecule has 1 fully saturated rings. The number of benzene rings is 1. The van der Waals surface area contributed by atoms with Gasteiger partial charge in [0.05, 0.1) is 19.4 Å². The van der Waals surface area contributed by atoms with E-state index >= 15 is 0 Å². The molecule has 1 aliphatic heterocycles. The summed E-state index contributed by atoms with van der Waals surface area (Å²) in [5.74, 6) is 1.72. The van der Waals surface area contributed by atoms with Gasteiger partial charge in [-0.3, -0.25) is 4.99 Å². The zero-order chi connectivity index (χ0) is 18.3. The molecule has 0 atom stereocenters. The van der Waals surface area contributed by atoms with Crippen LogP contribution in [-0.4, -0.2) is 77.7 Å². The van der Waals surface area contributed by atoms with E-state index in [1.54, 1.807) is 7.11 Å². The lowest BCUT2D eigenvalue weighted by atomic mass is 10.2. The highest BCUT2D eigenvalue weighted by molar-refractivity contribution is 7.90. The van der Waals surface area contributed by atoms with Crippen molar-refractivity contribution in [3.05, 3.63) is 24.3 Å². The molecule has 0 bridgehead atoms. The summed E-state index contributed by atoms with van der Waals surface area (Å²) < 4.78 is 27.9. The van der Waals surface area contributed by atoms with Crippen LogP contribution in [0.4, 0.5) is 5.69 Å². The SMILES string of the molecule is CCNC(=NCCS(C)(=O)=O)N1CCN(c2cccc(OC)c2)CC1. The van der Waals surface area contributed by atoms with Crippen molar-refractivity contribution in [1.29, 1.82) is 0 Å². The second-order valence-corrected chi connectivity index (χ2v) is 8.30. The van der Waals surface area contributed by atoms with Gasteiger partial charge >= 0.3 is 0 Å². The number of sulfone groups is 1. The van der Waals surface area contributed by atoms with Crippen LogP contribution in [0.25, 0.3) is 0 Å². The van der Waals surface area contributed by atoms with E-state index in [-0.39, 0.29) is 12.3 Å². The molecule has 140 valence electrons. The molecular formula is C17H28N4O3S. The van der Waals surface area contributed by atoms with Gasteiger partial charge in [0.25, 0.3) is 0 Å². The van der Waals surface area contributed by atoms with Gasteiger partial charge in [-0.25, -0.2) is 8.42 Å². The molecule has 0 aliphatic carbocycles. The van der Waals surface area contributed by atoms with E-state index in [0.29, 0.717) is 0 Å². The molecule has 1 saturated heterocycles. The molecular weight excluding hydrogens is 340 g/mol. The van der Waals surface area contributed by atoms with Crippen molar-refractivity contribution in [2.24, 2.45) is 4.99 Å². The molecule has 1 N–H and O–H groups in total. The number of hydrogen-bond acceptors (Lipinski definition) is 5. The third-order valence-electron chi connectivity index (χ3n) is 4.06. The van der Waals surface area contributed by atoms with Gasteiger partial charge in [0.2, 0.25) is 0 Å². The van der Waals surface area contributed by atoms with E-state index in [1.807, 2.05) is 25.1 Å². The largest absolute Gasteiger partial charge is 0.497 e. The van der Waals surface area contributed by atoms with Crippen LogP contribution in [0.15, 0.2) is 29.3 Å². The lowest BCUT2D eigenvalue weighted by molar-refractivity contribution is 0.372. The number of hydrogen-bond donors (Lipinski definition) is 1. The van der Waals surface area contributed by atoms with Crippen LogP contribution in [0.5, 0.6) is 5.75 Å². The van der Waals surface area contributed by atoms with Gasteiger partial charge < -0.3 is 19.9 Å². The zero-order valence-electron chi connectivity index (χ0n) is 15.2. The Morgan fingerprint density at radius 2 is 2.00 bits per heavy atom. The Balaban J connectivity index is 1.96. The number of ether oxygens (including phenoxy) is 1. The van der Waals surface area contributed by atoms with Gasteiger partial charge in [-0.05, 0) is 19.1 Å². The molecule has 7 nitrogen and oxygen atoms in total. The first kappa shape index (κ1) is 19.4. The molecule has 8 heteroatoms. The standard InChI is InChI=1S/C17H28N4O3S/c1-4-18-17(19-8-13-25(3,22)23)21-11-9-20(10-12-21)15-6-5-7-16(14-15)24-2/h5-7,14H,4,8-13H2,1-3H3,(H,18,19). The minimum Gasteiger partial charge on any atom is -0.497 e. The van der Waals surface area contributed by atoms with Gasteiger partial charge in [-0.15, -0.1) is 0 Å². The van der Waals surface area contributed by atoms with E-state index in [1.165, 1.54) is 6.26 Å². The van der Waals surface area contributed by atoms with Gasteiger partial charge in [0.15, 0.2) is 5.96 Å². The van der Waals surface area contributed by atoms with E-state index in [9.17, 15) is 8.42 Å². The van der Waals surface area contributed by atoms with Crippen molar-refractivity contribution in [3.63, 3.8) is 0 Å². The second-order valence-electron chi connectivity index (χ2n) is 6.04. The van der Waals surface area contributed by atoms with E-state index in [2.05, 4.69) is 26.2 Å². The summed E-state index contributed by atoms with van der Waals surface area (Å²) in [6, 6.07) is 8.07. The molecule has 0 spiro atoms. The molecule has 0 saturated carbocycles. The molecule has 1 heterocycles. The number of rotatable bonds is 6. The van der Waals surface area contributed by atoms with E-state index in [4.69, 9.17) is 4.74 Å². The summed E-state index contributed by atoms with van der Waals surface area (Å²) in [5.41, 5.74) is 1.15. The van der Waals surface area contributed by atoms with Crippen LogP contribution in [-0.2, 0) is 9.84 Å². The normalized spacial score (nSPS) is 16.0. The Hall–Kier alpha value is -1.96.